The van der Waals surface area contributed by atoms with Crippen molar-refractivity contribution in [3.63, 3.8) is 0 Å². The summed E-state index contributed by atoms with van der Waals surface area (Å²) in [6, 6.07) is 20.5. The minimum absolute atomic E-state index is 0.259. The van der Waals surface area contributed by atoms with Gasteiger partial charge in [-0.15, -0.1) is 0 Å². The predicted octanol–water partition coefficient (Wildman–Crippen LogP) is 8.27. The van der Waals surface area contributed by atoms with Crippen LogP contribution in [0.25, 0.3) is 22.3 Å². The molecule has 2 aliphatic rings. The molecular formula is C42H49FN2O6. The summed E-state index contributed by atoms with van der Waals surface area (Å²) in [6.07, 6.45) is 3.22. The van der Waals surface area contributed by atoms with Gasteiger partial charge in [0.15, 0.2) is 6.10 Å². The number of rotatable bonds is 13. The maximum absolute atomic E-state index is 13.4. The molecule has 0 bridgehead atoms. The fraction of sp³-hybridized carbons (Fsp3) is 0.429. The molecule has 1 atom stereocenters. The van der Waals surface area contributed by atoms with Crippen molar-refractivity contribution < 1.29 is 33.2 Å². The van der Waals surface area contributed by atoms with Gasteiger partial charge in [0.25, 0.3) is 0 Å². The Hall–Kier alpha value is -4.31. The molecule has 0 saturated carbocycles. The van der Waals surface area contributed by atoms with Gasteiger partial charge in [-0.1, -0.05) is 30.3 Å². The molecule has 3 heterocycles. The summed E-state index contributed by atoms with van der Waals surface area (Å²) in [5.41, 5.74) is 6.77. The van der Waals surface area contributed by atoms with Crippen molar-refractivity contribution in [1.82, 2.24) is 10.3 Å². The number of nitrogens with one attached hydrogen (secondary N) is 1. The molecule has 3 aromatic carbocycles. The van der Waals surface area contributed by atoms with Crippen LogP contribution in [-0.2, 0) is 33.7 Å². The van der Waals surface area contributed by atoms with Gasteiger partial charge in [0.2, 0.25) is 0 Å². The van der Waals surface area contributed by atoms with Gasteiger partial charge in [-0.2, -0.15) is 0 Å². The molecule has 51 heavy (non-hydrogen) atoms. The van der Waals surface area contributed by atoms with Gasteiger partial charge in [0.1, 0.15) is 17.3 Å². The minimum atomic E-state index is -1.25. The van der Waals surface area contributed by atoms with Crippen molar-refractivity contribution in [2.24, 2.45) is 5.92 Å². The lowest BCUT2D eigenvalue weighted by molar-refractivity contribution is -0.160. The summed E-state index contributed by atoms with van der Waals surface area (Å²) in [7, 11) is 0. The van der Waals surface area contributed by atoms with E-state index in [1.54, 1.807) is 12.1 Å². The molecule has 1 fully saturated rings. The summed E-state index contributed by atoms with van der Waals surface area (Å²) in [6.45, 7) is 11.5. The second kappa shape index (κ2) is 16.4. The first-order valence-corrected chi connectivity index (χ1v) is 18.0. The molecule has 0 spiro atoms. The smallest absolute Gasteiger partial charge is 0.337 e. The molecule has 2 N–H and O–H groups in total. The second-order valence-corrected chi connectivity index (χ2v) is 14.5. The van der Waals surface area contributed by atoms with E-state index in [0.29, 0.717) is 49.1 Å². The highest BCUT2D eigenvalue weighted by Crippen LogP contribution is 2.44. The van der Waals surface area contributed by atoms with Crippen LogP contribution < -0.4 is 14.8 Å². The molecule has 0 amide bonds. The molecule has 0 aliphatic carbocycles. The van der Waals surface area contributed by atoms with Crippen molar-refractivity contribution >= 4 is 5.97 Å². The summed E-state index contributed by atoms with van der Waals surface area (Å²) in [5.74, 6) is 0.751. The Morgan fingerprint density at radius 3 is 2.43 bits per heavy atom. The standard InChI is InChI=1S/C42H49FN2O6/c1-27-37(40(41(46)47)51-42(2,3)4)39(32-11-16-36-31(24-32)6-5-20-50-36)38(35(45-27)26-44-25-29-17-21-48-22-18-29)30-9-14-34(15-10-30)49-23-19-28-7-12-33(43)13-8-28/h7-16,24,29,40,44H,5-6,17-23,25-26H2,1-4H3,(H,46,47). The van der Waals surface area contributed by atoms with Gasteiger partial charge >= 0.3 is 5.97 Å². The third-order valence-corrected chi connectivity index (χ3v) is 9.44. The molecule has 2 aliphatic heterocycles. The molecule has 6 rings (SSSR count). The molecule has 1 saturated heterocycles. The fourth-order valence-electron chi connectivity index (χ4n) is 6.94. The monoisotopic (exact) mass is 696 g/mol. The van der Waals surface area contributed by atoms with Crippen molar-refractivity contribution in [2.75, 3.05) is 33.0 Å². The van der Waals surface area contributed by atoms with Crippen LogP contribution in [0.1, 0.15) is 74.2 Å². The molecule has 1 unspecified atom stereocenters. The summed E-state index contributed by atoms with van der Waals surface area (Å²) in [5, 5.41) is 14.4. The maximum Gasteiger partial charge on any atom is 0.337 e. The lowest BCUT2D eigenvalue weighted by atomic mass is 9.85. The van der Waals surface area contributed by atoms with Gasteiger partial charge in [0.05, 0.1) is 24.5 Å². The third kappa shape index (κ3) is 9.33. The van der Waals surface area contributed by atoms with E-state index < -0.39 is 17.7 Å². The first kappa shape index (κ1) is 36.5. The van der Waals surface area contributed by atoms with E-state index in [1.807, 2.05) is 64.1 Å². The van der Waals surface area contributed by atoms with E-state index in [0.717, 1.165) is 90.3 Å². The number of hydrogen-bond acceptors (Lipinski definition) is 7. The van der Waals surface area contributed by atoms with Crippen molar-refractivity contribution in [2.45, 2.75) is 78.0 Å². The first-order valence-electron chi connectivity index (χ1n) is 18.0. The van der Waals surface area contributed by atoms with Crippen molar-refractivity contribution in [3.8, 4) is 33.8 Å². The number of benzene rings is 3. The number of pyridine rings is 1. The summed E-state index contributed by atoms with van der Waals surface area (Å²) in [4.78, 5) is 18.2. The fourth-order valence-corrected chi connectivity index (χ4v) is 6.94. The van der Waals surface area contributed by atoms with Crippen LogP contribution in [0, 0.1) is 18.7 Å². The van der Waals surface area contributed by atoms with Crippen molar-refractivity contribution in [1.29, 1.82) is 0 Å². The van der Waals surface area contributed by atoms with E-state index in [1.165, 1.54) is 12.1 Å². The Morgan fingerprint density at radius 2 is 1.73 bits per heavy atom. The zero-order chi connectivity index (χ0) is 36.0. The van der Waals surface area contributed by atoms with Gasteiger partial charge < -0.3 is 29.4 Å². The molecule has 4 aromatic rings. The Kier molecular flexibility index (Phi) is 11.7. The topological polar surface area (TPSA) is 99.1 Å². The number of carboxylic acids is 1. The largest absolute Gasteiger partial charge is 0.493 e. The van der Waals surface area contributed by atoms with E-state index in [4.69, 9.17) is 23.9 Å². The number of hydrogen-bond donors (Lipinski definition) is 2. The molecular weight excluding hydrogens is 647 g/mol. The zero-order valence-corrected chi connectivity index (χ0v) is 30.1. The van der Waals surface area contributed by atoms with Crippen molar-refractivity contribution in [3.05, 3.63) is 101 Å². The highest BCUT2D eigenvalue weighted by atomic mass is 19.1. The molecule has 8 nitrogen and oxygen atoms in total. The summed E-state index contributed by atoms with van der Waals surface area (Å²) < 4.78 is 37.3. The van der Waals surface area contributed by atoms with E-state index in [-0.39, 0.29) is 5.82 Å². The third-order valence-electron chi connectivity index (χ3n) is 9.44. The number of carboxylic acid groups (broad SMARTS) is 1. The molecule has 1 aromatic heterocycles. The quantitative estimate of drug-likeness (QED) is 0.144. The van der Waals surface area contributed by atoms with Gasteiger partial charge in [0, 0.05) is 43.0 Å². The average Bonchev–Trinajstić information content (AvgIpc) is 3.11. The van der Waals surface area contributed by atoms with Crippen LogP contribution in [0.3, 0.4) is 0 Å². The zero-order valence-electron chi connectivity index (χ0n) is 30.1. The van der Waals surface area contributed by atoms with Crippen LogP contribution >= 0.6 is 0 Å². The van der Waals surface area contributed by atoms with Gasteiger partial charge in [-0.3, -0.25) is 4.98 Å². The lowest BCUT2D eigenvalue weighted by Crippen LogP contribution is -2.30. The van der Waals surface area contributed by atoms with Gasteiger partial charge in [-0.05, 0) is 130 Å². The van der Waals surface area contributed by atoms with Crippen LogP contribution in [0.2, 0.25) is 0 Å². The average molecular weight is 697 g/mol. The van der Waals surface area contributed by atoms with E-state index >= 15 is 0 Å². The number of aromatic nitrogens is 1. The number of aliphatic carboxylic acids is 1. The number of nitrogens with zero attached hydrogens (tertiary/aromatic N) is 1. The predicted molar refractivity (Wildman–Crippen MR) is 196 cm³/mol. The van der Waals surface area contributed by atoms with Crippen LogP contribution in [0.4, 0.5) is 4.39 Å². The van der Waals surface area contributed by atoms with Crippen LogP contribution in [0.5, 0.6) is 11.5 Å². The van der Waals surface area contributed by atoms with Crippen LogP contribution in [-0.4, -0.2) is 54.6 Å². The van der Waals surface area contributed by atoms with E-state index in [9.17, 15) is 14.3 Å². The Labute approximate surface area is 300 Å². The number of aryl methyl sites for hydroxylation is 2. The Balaban J connectivity index is 1.44. The molecule has 270 valence electrons. The highest BCUT2D eigenvalue weighted by molar-refractivity contribution is 5.91. The van der Waals surface area contributed by atoms with Crippen LogP contribution in [0.15, 0.2) is 66.7 Å². The molecule has 0 radical (unpaired) electrons. The number of ether oxygens (including phenoxy) is 4. The summed E-state index contributed by atoms with van der Waals surface area (Å²) >= 11 is 0. The normalized spacial score (nSPS) is 15.5. The number of fused-ring (bicyclic) bond motifs is 1. The Morgan fingerprint density at radius 1 is 1.00 bits per heavy atom. The lowest BCUT2D eigenvalue weighted by Gasteiger charge is -2.30. The SMILES string of the molecule is Cc1nc(CNCC2CCOCC2)c(-c2ccc(OCCc3ccc(F)cc3)cc2)c(-c2ccc3c(c2)CCCO3)c1C(OC(C)(C)C)C(=O)O. The second-order valence-electron chi connectivity index (χ2n) is 14.5. The number of halogens is 1. The molecule has 9 heteroatoms. The number of carbonyl (C=O) groups is 1. The van der Waals surface area contributed by atoms with Gasteiger partial charge in [-0.25, -0.2) is 9.18 Å². The minimum Gasteiger partial charge on any atom is -0.493 e. The highest BCUT2D eigenvalue weighted by Gasteiger charge is 2.34. The maximum atomic E-state index is 13.4. The first-order chi connectivity index (χ1) is 24.6. The van der Waals surface area contributed by atoms with E-state index in [2.05, 4.69) is 11.4 Å². The Bertz CT molecular complexity index is 1800.